The van der Waals surface area contributed by atoms with Crippen LogP contribution in [-0.2, 0) is 0 Å². The van der Waals surface area contributed by atoms with Gasteiger partial charge < -0.3 is 4.42 Å². The van der Waals surface area contributed by atoms with Crippen LogP contribution in [0.5, 0.6) is 0 Å². The van der Waals surface area contributed by atoms with Crippen LogP contribution >= 0.6 is 0 Å². The van der Waals surface area contributed by atoms with E-state index in [0.717, 1.165) is 65.9 Å². The summed E-state index contributed by atoms with van der Waals surface area (Å²) < 4.78 is 6.68. The van der Waals surface area contributed by atoms with Crippen molar-refractivity contribution in [2.24, 2.45) is 0 Å². The lowest BCUT2D eigenvalue weighted by atomic mass is 9.95. The lowest BCUT2D eigenvalue weighted by Crippen LogP contribution is -2.00. The van der Waals surface area contributed by atoms with Crippen LogP contribution < -0.4 is 0 Å². The van der Waals surface area contributed by atoms with Gasteiger partial charge >= 0.3 is 0 Å². The van der Waals surface area contributed by atoms with E-state index in [1.165, 1.54) is 5.39 Å². The molecule has 0 N–H and O–H groups in total. The number of nitrogens with zero attached hydrogens (tertiary/aromatic N) is 3. The third-order valence-corrected chi connectivity index (χ3v) is 8.50. The Balaban J connectivity index is 1.31. The van der Waals surface area contributed by atoms with Crippen LogP contribution in [0, 0.1) is 0 Å². The van der Waals surface area contributed by atoms with Crippen LogP contribution in [0.1, 0.15) is 0 Å². The highest BCUT2D eigenvalue weighted by Gasteiger charge is 2.19. The van der Waals surface area contributed by atoms with E-state index in [9.17, 15) is 0 Å². The van der Waals surface area contributed by atoms with Crippen molar-refractivity contribution in [3.63, 3.8) is 0 Å². The molecule has 2 heterocycles. The van der Waals surface area contributed by atoms with Crippen molar-refractivity contribution in [3.05, 3.63) is 152 Å². The Bertz CT molecular complexity index is 2540. The van der Waals surface area contributed by atoms with E-state index >= 15 is 0 Å². The molecule has 0 bridgehead atoms. The van der Waals surface area contributed by atoms with E-state index in [4.69, 9.17) is 19.4 Å². The van der Waals surface area contributed by atoms with Gasteiger partial charge in [-0.2, -0.15) is 0 Å². The summed E-state index contributed by atoms with van der Waals surface area (Å²) in [6, 6.07) is 52.2. The SMILES string of the molecule is c1ccc(-c2nc(-c3cc(-c4ccccc4)c4ccccc4c3)nc(-c3cccc4c3oc3c5ccccc5ccc43)n2)cc1. The molecular weight excluding hydrogens is 550 g/mol. The second kappa shape index (κ2) is 10.2. The standard InChI is InChI=1S/C41H25N3O/c1-3-12-26(13-4-1)36-25-30(24-29-17-8-9-18-31(29)36)40-42-39(28-15-5-2-6-16-28)43-41(44-40)35-21-11-20-33-34-23-22-27-14-7-10-19-32(27)37(34)45-38(33)35/h1-25H. The topological polar surface area (TPSA) is 51.8 Å². The van der Waals surface area contributed by atoms with Gasteiger partial charge in [-0.3, -0.25) is 0 Å². The van der Waals surface area contributed by atoms with Crippen LogP contribution in [0.15, 0.2) is 156 Å². The Morgan fingerprint density at radius 3 is 1.73 bits per heavy atom. The molecule has 7 aromatic carbocycles. The van der Waals surface area contributed by atoms with E-state index in [-0.39, 0.29) is 0 Å². The van der Waals surface area contributed by atoms with Gasteiger partial charge in [-0.25, -0.2) is 15.0 Å². The van der Waals surface area contributed by atoms with Gasteiger partial charge in [-0.1, -0.05) is 127 Å². The molecule has 0 amide bonds. The Labute approximate surface area is 259 Å². The molecule has 2 aromatic heterocycles. The highest BCUT2D eigenvalue weighted by molar-refractivity contribution is 6.17. The minimum absolute atomic E-state index is 0.572. The molecule has 0 aliphatic carbocycles. The summed E-state index contributed by atoms with van der Waals surface area (Å²) in [4.78, 5) is 15.2. The molecular formula is C41H25N3O. The molecule has 210 valence electrons. The van der Waals surface area contributed by atoms with E-state index in [0.29, 0.717) is 17.5 Å². The van der Waals surface area contributed by atoms with Gasteiger partial charge in [0.1, 0.15) is 11.2 Å². The fourth-order valence-corrected chi connectivity index (χ4v) is 6.34. The minimum atomic E-state index is 0.572. The Morgan fingerprint density at radius 1 is 0.333 bits per heavy atom. The monoisotopic (exact) mass is 575 g/mol. The first kappa shape index (κ1) is 25.4. The normalized spacial score (nSPS) is 11.6. The van der Waals surface area contributed by atoms with Gasteiger partial charge in [0.15, 0.2) is 17.5 Å². The number of aromatic nitrogens is 3. The quantitative estimate of drug-likeness (QED) is 0.209. The maximum Gasteiger partial charge on any atom is 0.167 e. The first-order chi connectivity index (χ1) is 22.3. The first-order valence-corrected chi connectivity index (χ1v) is 15.0. The number of para-hydroxylation sites is 1. The van der Waals surface area contributed by atoms with Crippen molar-refractivity contribution in [2.45, 2.75) is 0 Å². The lowest BCUT2D eigenvalue weighted by molar-refractivity contribution is 0.673. The van der Waals surface area contributed by atoms with E-state index in [2.05, 4.69) is 103 Å². The summed E-state index contributed by atoms with van der Waals surface area (Å²) in [6.07, 6.45) is 0. The summed E-state index contributed by atoms with van der Waals surface area (Å²) in [5.41, 5.74) is 6.60. The number of furan rings is 1. The summed E-state index contributed by atoms with van der Waals surface area (Å²) in [5.74, 6) is 1.80. The average molecular weight is 576 g/mol. The maximum atomic E-state index is 6.68. The largest absolute Gasteiger partial charge is 0.455 e. The summed E-state index contributed by atoms with van der Waals surface area (Å²) >= 11 is 0. The summed E-state index contributed by atoms with van der Waals surface area (Å²) in [5, 5.41) is 6.65. The van der Waals surface area contributed by atoms with E-state index in [1.807, 2.05) is 48.5 Å². The maximum absolute atomic E-state index is 6.68. The number of benzene rings is 7. The first-order valence-electron chi connectivity index (χ1n) is 15.0. The van der Waals surface area contributed by atoms with Crippen LogP contribution in [0.2, 0.25) is 0 Å². The van der Waals surface area contributed by atoms with Crippen molar-refractivity contribution < 1.29 is 4.42 Å². The van der Waals surface area contributed by atoms with Gasteiger partial charge in [-0.05, 0) is 51.6 Å². The molecule has 9 aromatic rings. The molecule has 0 radical (unpaired) electrons. The zero-order valence-electron chi connectivity index (χ0n) is 24.2. The van der Waals surface area contributed by atoms with Crippen molar-refractivity contribution in [3.8, 4) is 45.3 Å². The molecule has 0 saturated carbocycles. The number of hydrogen-bond acceptors (Lipinski definition) is 4. The molecule has 0 aliphatic heterocycles. The van der Waals surface area contributed by atoms with Crippen LogP contribution in [0.3, 0.4) is 0 Å². The lowest BCUT2D eigenvalue weighted by Gasteiger charge is -2.12. The van der Waals surface area contributed by atoms with Gasteiger partial charge in [0, 0.05) is 27.3 Å². The molecule has 9 rings (SSSR count). The Kier molecular flexibility index (Phi) is 5.78. The third-order valence-electron chi connectivity index (χ3n) is 8.50. The predicted octanol–water partition coefficient (Wildman–Crippen LogP) is 10.7. The summed E-state index contributed by atoms with van der Waals surface area (Å²) in [6.45, 7) is 0. The van der Waals surface area contributed by atoms with Crippen LogP contribution in [-0.4, -0.2) is 15.0 Å². The van der Waals surface area contributed by atoms with Gasteiger partial charge in [-0.15, -0.1) is 0 Å². The molecule has 45 heavy (non-hydrogen) atoms. The van der Waals surface area contributed by atoms with Crippen molar-refractivity contribution in [1.29, 1.82) is 0 Å². The van der Waals surface area contributed by atoms with Crippen molar-refractivity contribution >= 4 is 43.5 Å². The molecule has 0 saturated heterocycles. The van der Waals surface area contributed by atoms with Crippen molar-refractivity contribution in [2.75, 3.05) is 0 Å². The Hall–Kier alpha value is -6.13. The predicted molar refractivity (Wildman–Crippen MR) is 184 cm³/mol. The molecule has 0 atom stereocenters. The molecule has 4 nitrogen and oxygen atoms in total. The van der Waals surface area contributed by atoms with Crippen molar-refractivity contribution in [1.82, 2.24) is 15.0 Å². The van der Waals surface area contributed by atoms with Gasteiger partial charge in [0.25, 0.3) is 0 Å². The fraction of sp³-hybridized carbons (Fsp3) is 0. The Morgan fingerprint density at radius 2 is 0.933 bits per heavy atom. The van der Waals surface area contributed by atoms with E-state index in [1.54, 1.807) is 0 Å². The fourth-order valence-electron chi connectivity index (χ4n) is 6.34. The zero-order valence-corrected chi connectivity index (χ0v) is 24.2. The average Bonchev–Trinajstić information content (AvgIpc) is 3.51. The number of rotatable bonds is 4. The summed E-state index contributed by atoms with van der Waals surface area (Å²) in [7, 11) is 0. The second-order valence-corrected chi connectivity index (χ2v) is 11.2. The molecule has 0 spiro atoms. The van der Waals surface area contributed by atoms with E-state index < -0.39 is 0 Å². The number of fused-ring (bicyclic) bond motifs is 6. The number of hydrogen-bond donors (Lipinski definition) is 0. The second-order valence-electron chi connectivity index (χ2n) is 11.2. The van der Waals surface area contributed by atoms with Gasteiger partial charge in [0.05, 0.1) is 5.56 Å². The molecule has 0 unspecified atom stereocenters. The molecule has 0 aliphatic rings. The molecule has 0 fully saturated rings. The van der Waals surface area contributed by atoms with Crippen LogP contribution in [0.4, 0.5) is 0 Å². The van der Waals surface area contributed by atoms with Gasteiger partial charge in [0.2, 0.25) is 0 Å². The highest BCUT2D eigenvalue weighted by atomic mass is 16.3. The van der Waals surface area contributed by atoms with Crippen LogP contribution in [0.25, 0.3) is 88.8 Å². The third kappa shape index (κ3) is 4.27. The molecule has 4 heteroatoms. The highest BCUT2D eigenvalue weighted by Crippen LogP contribution is 2.39. The zero-order chi connectivity index (χ0) is 29.7. The smallest absolute Gasteiger partial charge is 0.167 e. The minimum Gasteiger partial charge on any atom is -0.455 e.